The molecule has 1 amide bonds. The Balaban J connectivity index is 1.50. The number of carbonyl (C=O) groups is 1. The average molecular weight is 419 g/mol. The number of amides is 1. The topological polar surface area (TPSA) is 79.6 Å². The van der Waals surface area contributed by atoms with Gasteiger partial charge in [-0.15, -0.1) is 0 Å². The van der Waals surface area contributed by atoms with Crippen LogP contribution in [-0.4, -0.2) is 46.9 Å². The standard InChI is InChI=1S/C18H19BrN4O3/c19-16-4-2-1-3-14(16)5-8-18(24)22-11-9-21(10-12-22)17-7-6-15(13-20-17)23(25)26/h1-4,6-7,13H,5,8-12H2. The second kappa shape index (κ2) is 8.27. The molecule has 1 aliphatic rings. The zero-order valence-corrected chi connectivity index (χ0v) is 15.8. The lowest BCUT2D eigenvalue weighted by molar-refractivity contribution is -0.385. The van der Waals surface area contributed by atoms with Crippen molar-refractivity contribution in [2.45, 2.75) is 12.8 Å². The average Bonchev–Trinajstić information content (AvgIpc) is 2.67. The van der Waals surface area contributed by atoms with Crippen LogP contribution in [0.2, 0.25) is 0 Å². The zero-order valence-electron chi connectivity index (χ0n) is 14.2. The highest BCUT2D eigenvalue weighted by atomic mass is 79.9. The number of halogens is 1. The molecular formula is C18H19BrN4O3. The first-order valence-electron chi connectivity index (χ1n) is 8.41. The summed E-state index contributed by atoms with van der Waals surface area (Å²) in [6.45, 7) is 2.61. The minimum Gasteiger partial charge on any atom is -0.353 e. The summed E-state index contributed by atoms with van der Waals surface area (Å²) in [5.41, 5.74) is 1.12. The number of aryl methyl sites for hydroxylation is 1. The largest absolute Gasteiger partial charge is 0.353 e. The van der Waals surface area contributed by atoms with Crippen molar-refractivity contribution in [3.05, 3.63) is 62.7 Å². The molecule has 1 fully saturated rings. The van der Waals surface area contributed by atoms with E-state index >= 15 is 0 Å². The molecule has 1 aromatic carbocycles. The number of anilines is 1. The van der Waals surface area contributed by atoms with Crippen LogP contribution in [0.3, 0.4) is 0 Å². The van der Waals surface area contributed by atoms with Gasteiger partial charge in [-0.25, -0.2) is 4.98 Å². The van der Waals surface area contributed by atoms with E-state index in [1.54, 1.807) is 6.07 Å². The first kappa shape index (κ1) is 18.3. The zero-order chi connectivity index (χ0) is 18.5. The van der Waals surface area contributed by atoms with Crippen molar-refractivity contribution in [3.63, 3.8) is 0 Å². The number of pyridine rings is 1. The Bertz CT molecular complexity index is 789. The van der Waals surface area contributed by atoms with Crippen LogP contribution in [-0.2, 0) is 11.2 Å². The third-order valence-corrected chi connectivity index (χ3v) is 5.24. The van der Waals surface area contributed by atoms with Gasteiger partial charge in [-0.1, -0.05) is 34.1 Å². The maximum absolute atomic E-state index is 12.4. The van der Waals surface area contributed by atoms with E-state index in [-0.39, 0.29) is 11.6 Å². The Morgan fingerprint density at radius 2 is 1.88 bits per heavy atom. The van der Waals surface area contributed by atoms with Crippen molar-refractivity contribution >= 4 is 33.3 Å². The molecule has 0 N–H and O–H groups in total. The summed E-state index contributed by atoms with van der Waals surface area (Å²) in [6, 6.07) is 11.0. The quantitative estimate of drug-likeness (QED) is 0.550. The van der Waals surface area contributed by atoms with Gasteiger partial charge in [0, 0.05) is 43.1 Å². The summed E-state index contributed by atoms with van der Waals surface area (Å²) in [6.07, 6.45) is 2.47. The van der Waals surface area contributed by atoms with Crippen molar-refractivity contribution in [1.29, 1.82) is 0 Å². The minimum atomic E-state index is -0.460. The summed E-state index contributed by atoms with van der Waals surface area (Å²) in [7, 11) is 0. The first-order chi connectivity index (χ1) is 12.5. The molecule has 3 rings (SSSR count). The molecule has 0 spiro atoms. The van der Waals surface area contributed by atoms with E-state index in [1.807, 2.05) is 34.1 Å². The maximum atomic E-state index is 12.4. The summed E-state index contributed by atoms with van der Waals surface area (Å²) < 4.78 is 1.03. The van der Waals surface area contributed by atoms with Crippen LogP contribution in [0, 0.1) is 10.1 Å². The second-order valence-corrected chi connectivity index (χ2v) is 6.95. The fourth-order valence-corrected chi connectivity index (χ4v) is 3.44. The highest BCUT2D eigenvalue weighted by Gasteiger charge is 2.22. The molecular weight excluding hydrogens is 400 g/mol. The van der Waals surface area contributed by atoms with Gasteiger partial charge in [-0.3, -0.25) is 14.9 Å². The monoisotopic (exact) mass is 418 g/mol. The molecule has 0 radical (unpaired) electrons. The molecule has 2 aromatic rings. The van der Waals surface area contributed by atoms with Gasteiger partial charge in [0.05, 0.1) is 4.92 Å². The first-order valence-corrected chi connectivity index (χ1v) is 9.20. The third-order valence-electron chi connectivity index (χ3n) is 4.47. The second-order valence-electron chi connectivity index (χ2n) is 6.09. The van der Waals surface area contributed by atoms with E-state index in [1.165, 1.54) is 12.3 Å². The van der Waals surface area contributed by atoms with Crippen molar-refractivity contribution in [2.75, 3.05) is 31.1 Å². The lowest BCUT2D eigenvalue weighted by Gasteiger charge is -2.35. The van der Waals surface area contributed by atoms with E-state index < -0.39 is 4.92 Å². The van der Waals surface area contributed by atoms with Gasteiger partial charge in [-0.2, -0.15) is 0 Å². The number of piperazine rings is 1. The fourth-order valence-electron chi connectivity index (χ4n) is 2.96. The van der Waals surface area contributed by atoms with Gasteiger partial charge in [0.25, 0.3) is 5.69 Å². The van der Waals surface area contributed by atoms with E-state index in [4.69, 9.17) is 0 Å². The van der Waals surface area contributed by atoms with Crippen LogP contribution in [0.15, 0.2) is 47.1 Å². The normalized spacial score (nSPS) is 14.3. The van der Waals surface area contributed by atoms with Crippen LogP contribution >= 0.6 is 15.9 Å². The lowest BCUT2D eigenvalue weighted by Crippen LogP contribution is -2.49. The number of nitro groups is 1. The number of rotatable bonds is 5. The summed E-state index contributed by atoms with van der Waals surface area (Å²) in [5.74, 6) is 0.855. The van der Waals surface area contributed by atoms with Gasteiger partial charge < -0.3 is 9.80 Å². The van der Waals surface area contributed by atoms with Gasteiger partial charge in [0.15, 0.2) is 0 Å². The van der Waals surface area contributed by atoms with Crippen LogP contribution in [0.25, 0.3) is 0 Å². The van der Waals surface area contributed by atoms with Gasteiger partial charge in [0.2, 0.25) is 5.91 Å². The van der Waals surface area contributed by atoms with Gasteiger partial charge in [-0.05, 0) is 24.1 Å². The molecule has 0 bridgehead atoms. The highest BCUT2D eigenvalue weighted by molar-refractivity contribution is 9.10. The molecule has 7 nitrogen and oxygen atoms in total. The molecule has 0 saturated carbocycles. The number of benzene rings is 1. The van der Waals surface area contributed by atoms with Gasteiger partial charge in [0.1, 0.15) is 12.0 Å². The number of carbonyl (C=O) groups excluding carboxylic acids is 1. The highest BCUT2D eigenvalue weighted by Crippen LogP contribution is 2.19. The van der Waals surface area contributed by atoms with E-state index in [0.29, 0.717) is 44.8 Å². The lowest BCUT2D eigenvalue weighted by atomic mass is 10.1. The van der Waals surface area contributed by atoms with Crippen molar-refractivity contribution in [2.24, 2.45) is 0 Å². The Hall–Kier alpha value is -2.48. The number of hydrogen-bond donors (Lipinski definition) is 0. The fraction of sp³-hybridized carbons (Fsp3) is 0.333. The molecule has 1 aromatic heterocycles. The predicted octanol–water partition coefficient (Wildman–Crippen LogP) is 3.03. The Morgan fingerprint density at radius 1 is 1.15 bits per heavy atom. The van der Waals surface area contributed by atoms with Crippen LogP contribution in [0.1, 0.15) is 12.0 Å². The molecule has 136 valence electrons. The summed E-state index contributed by atoms with van der Waals surface area (Å²) in [4.78, 5) is 30.8. The Labute approximate surface area is 159 Å². The van der Waals surface area contributed by atoms with Crippen molar-refractivity contribution in [1.82, 2.24) is 9.88 Å². The molecule has 1 aliphatic heterocycles. The molecule has 2 heterocycles. The van der Waals surface area contributed by atoms with Crippen molar-refractivity contribution in [3.8, 4) is 0 Å². The maximum Gasteiger partial charge on any atom is 0.287 e. The van der Waals surface area contributed by atoms with Crippen molar-refractivity contribution < 1.29 is 9.72 Å². The number of hydrogen-bond acceptors (Lipinski definition) is 5. The summed E-state index contributed by atoms with van der Waals surface area (Å²) >= 11 is 3.51. The smallest absolute Gasteiger partial charge is 0.287 e. The summed E-state index contributed by atoms with van der Waals surface area (Å²) in [5, 5.41) is 10.7. The van der Waals surface area contributed by atoms with Crippen LogP contribution < -0.4 is 4.90 Å². The van der Waals surface area contributed by atoms with E-state index in [9.17, 15) is 14.9 Å². The third kappa shape index (κ3) is 4.37. The molecule has 0 aliphatic carbocycles. The molecule has 26 heavy (non-hydrogen) atoms. The molecule has 1 saturated heterocycles. The molecule has 0 atom stereocenters. The Morgan fingerprint density at radius 3 is 2.50 bits per heavy atom. The predicted molar refractivity (Wildman–Crippen MR) is 102 cm³/mol. The Kier molecular flexibility index (Phi) is 5.82. The van der Waals surface area contributed by atoms with Gasteiger partial charge >= 0.3 is 0 Å². The molecule has 0 unspecified atom stereocenters. The van der Waals surface area contributed by atoms with Crippen LogP contribution in [0.5, 0.6) is 0 Å². The minimum absolute atomic E-state index is 0.0189. The number of aromatic nitrogens is 1. The molecule has 8 heteroatoms. The number of nitrogens with zero attached hydrogens (tertiary/aromatic N) is 4. The van der Waals surface area contributed by atoms with Crippen LogP contribution in [0.4, 0.5) is 11.5 Å². The SMILES string of the molecule is O=C(CCc1ccccc1Br)N1CCN(c2ccc([N+](=O)[O-])cn2)CC1. The van der Waals surface area contributed by atoms with E-state index in [2.05, 4.69) is 20.9 Å². The van der Waals surface area contributed by atoms with E-state index in [0.717, 1.165) is 10.0 Å².